The zero-order valence-electron chi connectivity index (χ0n) is 14.6. The van der Waals surface area contributed by atoms with Gasteiger partial charge < -0.3 is 24.1 Å². The number of aliphatic hydroxyl groups is 1. The Labute approximate surface area is 147 Å². The lowest BCUT2D eigenvalue weighted by atomic mass is 9.75. The van der Waals surface area contributed by atoms with Crippen LogP contribution in [0.25, 0.3) is 0 Å². The first-order valence-electron chi connectivity index (χ1n) is 8.58. The van der Waals surface area contributed by atoms with E-state index in [4.69, 9.17) is 18.9 Å². The van der Waals surface area contributed by atoms with E-state index in [9.17, 15) is 5.11 Å². The van der Waals surface area contributed by atoms with Crippen LogP contribution in [0.3, 0.4) is 0 Å². The summed E-state index contributed by atoms with van der Waals surface area (Å²) < 4.78 is 22.7. The van der Waals surface area contributed by atoms with E-state index in [1.54, 1.807) is 13.0 Å². The Hall–Kier alpha value is -2.40. The molecule has 0 unspecified atom stereocenters. The molecule has 4 rings (SSSR count). The highest BCUT2D eigenvalue weighted by molar-refractivity contribution is 5.57. The number of fused-ring (bicyclic) bond motifs is 2. The van der Waals surface area contributed by atoms with E-state index in [0.717, 1.165) is 16.9 Å². The van der Waals surface area contributed by atoms with Crippen LogP contribution in [0.4, 0.5) is 0 Å². The number of hydrogen-bond donors (Lipinski definition) is 1. The standard InChI is InChI=1S/C20H22O5/c1-4-22-15-8-6-5-7-13(15)19-12(2)20(3,21)25-16-10-18-17(9-14(16)19)23-11-24-18/h5-10,12,19,21H,4,11H2,1-3H3/t12-,19+,20+/m0/s1. The molecule has 3 atom stereocenters. The maximum atomic E-state index is 10.9. The summed E-state index contributed by atoms with van der Waals surface area (Å²) in [6.07, 6.45) is 0. The van der Waals surface area contributed by atoms with Crippen LogP contribution in [0.1, 0.15) is 37.8 Å². The monoisotopic (exact) mass is 342 g/mol. The minimum Gasteiger partial charge on any atom is -0.494 e. The van der Waals surface area contributed by atoms with E-state index < -0.39 is 5.79 Å². The third-order valence-electron chi connectivity index (χ3n) is 5.06. The van der Waals surface area contributed by atoms with Gasteiger partial charge in [0.2, 0.25) is 12.6 Å². The highest BCUT2D eigenvalue weighted by Gasteiger charge is 2.45. The van der Waals surface area contributed by atoms with Crippen LogP contribution in [-0.2, 0) is 0 Å². The van der Waals surface area contributed by atoms with Crippen LogP contribution in [0.5, 0.6) is 23.0 Å². The minimum absolute atomic E-state index is 0.0870. The van der Waals surface area contributed by atoms with Crippen LogP contribution in [0.2, 0.25) is 0 Å². The fourth-order valence-corrected chi connectivity index (χ4v) is 3.63. The second-order valence-corrected chi connectivity index (χ2v) is 6.64. The molecular weight excluding hydrogens is 320 g/mol. The molecule has 132 valence electrons. The molecule has 2 aromatic rings. The molecular formula is C20H22O5. The molecule has 2 aromatic carbocycles. The molecule has 0 aromatic heterocycles. The first kappa shape index (κ1) is 16.1. The number of ether oxygens (including phenoxy) is 4. The van der Waals surface area contributed by atoms with Crippen molar-refractivity contribution in [3.63, 3.8) is 0 Å². The molecule has 0 saturated heterocycles. The van der Waals surface area contributed by atoms with Gasteiger partial charge in [-0.1, -0.05) is 25.1 Å². The van der Waals surface area contributed by atoms with E-state index in [-0.39, 0.29) is 18.6 Å². The third-order valence-corrected chi connectivity index (χ3v) is 5.06. The summed E-state index contributed by atoms with van der Waals surface area (Å²) in [7, 11) is 0. The first-order valence-corrected chi connectivity index (χ1v) is 8.58. The quantitative estimate of drug-likeness (QED) is 0.922. The summed E-state index contributed by atoms with van der Waals surface area (Å²) >= 11 is 0. The Balaban J connectivity index is 1.90. The van der Waals surface area contributed by atoms with Gasteiger partial charge in [0.15, 0.2) is 11.5 Å². The van der Waals surface area contributed by atoms with Crippen LogP contribution in [-0.4, -0.2) is 24.3 Å². The largest absolute Gasteiger partial charge is 0.494 e. The molecule has 25 heavy (non-hydrogen) atoms. The molecule has 2 aliphatic rings. The fourth-order valence-electron chi connectivity index (χ4n) is 3.63. The van der Waals surface area contributed by atoms with Crippen LogP contribution in [0.15, 0.2) is 36.4 Å². The van der Waals surface area contributed by atoms with Gasteiger partial charge in [-0.3, -0.25) is 0 Å². The Morgan fingerprint density at radius 2 is 1.84 bits per heavy atom. The molecule has 0 fully saturated rings. The van der Waals surface area contributed by atoms with E-state index in [2.05, 4.69) is 0 Å². The molecule has 0 saturated carbocycles. The van der Waals surface area contributed by atoms with Crippen molar-refractivity contribution in [2.45, 2.75) is 32.5 Å². The second-order valence-electron chi connectivity index (χ2n) is 6.64. The second kappa shape index (κ2) is 5.85. The Kier molecular flexibility index (Phi) is 3.76. The lowest BCUT2D eigenvalue weighted by molar-refractivity contribution is -0.171. The maximum Gasteiger partial charge on any atom is 0.231 e. The van der Waals surface area contributed by atoms with Crippen molar-refractivity contribution in [1.29, 1.82) is 0 Å². The van der Waals surface area contributed by atoms with Gasteiger partial charge in [-0.25, -0.2) is 0 Å². The van der Waals surface area contributed by atoms with E-state index >= 15 is 0 Å². The van der Waals surface area contributed by atoms with Gasteiger partial charge in [0.25, 0.3) is 0 Å². The van der Waals surface area contributed by atoms with Crippen molar-refractivity contribution in [3.8, 4) is 23.0 Å². The Morgan fingerprint density at radius 3 is 2.60 bits per heavy atom. The van der Waals surface area contributed by atoms with Crippen molar-refractivity contribution < 1.29 is 24.1 Å². The molecule has 0 radical (unpaired) electrons. The zero-order chi connectivity index (χ0) is 17.6. The van der Waals surface area contributed by atoms with Crippen molar-refractivity contribution in [2.24, 2.45) is 5.92 Å². The zero-order valence-corrected chi connectivity index (χ0v) is 14.6. The van der Waals surface area contributed by atoms with E-state index in [1.807, 2.05) is 44.2 Å². The van der Waals surface area contributed by atoms with Gasteiger partial charge in [-0.2, -0.15) is 0 Å². The number of para-hydroxylation sites is 1. The van der Waals surface area contributed by atoms with Crippen LogP contribution >= 0.6 is 0 Å². The van der Waals surface area contributed by atoms with E-state index in [0.29, 0.717) is 23.9 Å². The predicted octanol–water partition coefficient (Wildman–Crippen LogP) is 3.68. The summed E-state index contributed by atoms with van der Waals surface area (Å²) in [6, 6.07) is 11.7. The average molecular weight is 342 g/mol. The summed E-state index contributed by atoms with van der Waals surface area (Å²) in [5.41, 5.74) is 2.00. The third kappa shape index (κ3) is 2.59. The first-order chi connectivity index (χ1) is 12.0. The molecule has 5 nitrogen and oxygen atoms in total. The number of hydrogen-bond acceptors (Lipinski definition) is 5. The van der Waals surface area contributed by atoms with Gasteiger partial charge in [0.1, 0.15) is 11.5 Å². The molecule has 0 bridgehead atoms. The van der Waals surface area contributed by atoms with Gasteiger partial charge >= 0.3 is 0 Å². The summed E-state index contributed by atoms with van der Waals surface area (Å²) in [5.74, 6) is 1.21. The molecule has 2 aliphatic heterocycles. The van der Waals surface area contributed by atoms with Crippen LogP contribution < -0.4 is 18.9 Å². The number of rotatable bonds is 3. The topological polar surface area (TPSA) is 57.2 Å². The van der Waals surface area contributed by atoms with Gasteiger partial charge in [0, 0.05) is 36.0 Å². The SMILES string of the molecule is CCOc1ccccc1[C@@H]1c2cc3c(cc2O[C@@](C)(O)[C@H]1C)OCO3. The number of benzene rings is 2. The Morgan fingerprint density at radius 1 is 1.12 bits per heavy atom. The average Bonchev–Trinajstić information content (AvgIpc) is 3.03. The normalized spacial score (nSPS) is 26.7. The van der Waals surface area contributed by atoms with Crippen molar-refractivity contribution in [2.75, 3.05) is 13.4 Å². The van der Waals surface area contributed by atoms with Gasteiger partial charge in [0.05, 0.1) is 6.61 Å². The van der Waals surface area contributed by atoms with Gasteiger partial charge in [-0.05, 0) is 19.1 Å². The highest BCUT2D eigenvalue weighted by atomic mass is 16.7. The van der Waals surface area contributed by atoms with Crippen molar-refractivity contribution >= 4 is 0 Å². The minimum atomic E-state index is -1.30. The summed E-state index contributed by atoms with van der Waals surface area (Å²) in [5, 5.41) is 10.9. The molecule has 2 heterocycles. The predicted molar refractivity (Wildman–Crippen MR) is 92.4 cm³/mol. The molecule has 0 amide bonds. The van der Waals surface area contributed by atoms with E-state index in [1.165, 1.54) is 0 Å². The van der Waals surface area contributed by atoms with Crippen molar-refractivity contribution in [3.05, 3.63) is 47.5 Å². The maximum absolute atomic E-state index is 10.9. The summed E-state index contributed by atoms with van der Waals surface area (Å²) in [6.45, 7) is 6.43. The molecule has 1 N–H and O–H groups in total. The van der Waals surface area contributed by atoms with Crippen LogP contribution in [0, 0.1) is 5.92 Å². The lowest BCUT2D eigenvalue weighted by Gasteiger charge is -2.42. The highest BCUT2D eigenvalue weighted by Crippen LogP contribution is 2.52. The molecule has 0 spiro atoms. The van der Waals surface area contributed by atoms with Crippen molar-refractivity contribution in [1.82, 2.24) is 0 Å². The smallest absolute Gasteiger partial charge is 0.231 e. The molecule has 0 aliphatic carbocycles. The lowest BCUT2D eigenvalue weighted by Crippen LogP contribution is -2.45. The molecule has 5 heteroatoms. The Bertz CT molecular complexity index is 799. The fraction of sp³-hybridized carbons (Fsp3) is 0.400. The summed E-state index contributed by atoms with van der Waals surface area (Å²) in [4.78, 5) is 0. The van der Waals surface area contributed by atoms with Gasteiger partial charge in [-0.15, -0.1) is 0 Å².